The molecular formula is C25H27NO3. The molecule has 0 aliphatic heterocycles. The Kier molecular flexibility index (Phi) is 4.09. The Morgan fingerprint density at radius 2 is 1.55 bits per heavy atom. The number of aromatic carboxylic acids is 1. The Hall–Kier alpha value is -2.62. The third kappa shape index (κ3) is 3.06. The molecule has 2 N–H and O–H groups in total. The predicted octanol–water partition coefficient (Wildman–Crippen LogP) is 5.17. The fourth-order valence-electron chi connectivity index (χ4n) is 6.73. The average molecular weight is 389 g/mol. The van der Waals surface area contributed by atoms with Crippen molar-refractivity contribution in [2.45, 2.75) is 50.9 Å². The number of carboxylic acids is 1. The summed E-state index contributed by atoms with van der Waals surface area (Å²) in [5, 5.41) is 12.2. The summed E-state index contributed by atoms with van der Waals surface area (Å²) in [6.45, 7) is 2.12. The van der Waals surface area contributed by atoms with E-state index < -0.39 is 5.97 Å². The number of aryl methyl sites for hydroxylation is 1. The van der Waals surface area contributed by atoms with Crippen LogP contribution in [-0.4, -0.2) is 17.0 Å². The van der Waals surface area contributed by atoms with E-state index in [1.54, 1.807) is 24.3 Å². The Balaban J connectivity index is 1.43. The van der Waals surface area contributed by atoms with E-state index in [1.165, 1.54) is 30.4 Å². The van der Waals surface area contributed by atoms with Crippen molar-refractivity contribution in [1.29, 1.82) is 0 Å². The molecule has 0 aromatic heterocycles. The summed E-state index contributed by atoms with van der Waals surface area (Å²) in [5.41, 5.74) is 3.41. The molecule has 4 heteroatoms. The molecule has 29 heavy (non-hydrogen) atoms. The monoisotopic (exact) mass is 389 g/mol. The predicted molar refractivity (Wildman–Crippen MR) is 112 cm³/mol. The molecule has 4 saturated carbocycles. The highest BCUT2D eigenvalue weighted by Gasteiger charge is 2.60. The smallest absolute Gasteiger partial charge is 0.335 e. The number of carboxylic acid groups (broad SMARTS) is 1. The van der Waals surface area contributed by atoms with Crippen LogP contribution in [-0.2, 0) is 10.2 Å². The standard InChI is InChI=1S/C25H27NO3/c1-16-2-6-20(7-3-16)24-11-17-10-18(12-24)14-25(13-17,15-24)23(29)26-21-8-4-19(5-9-21)22(27)28/h2-9,17-18H,10-15H2,1H3,(H,26,29)(H,27,28)/t17-,18-,24?,25?/m1/s1. The first-order chi connectivity index (χ1) is 13.9. The Morgan fingerprint density at radius 3 is 2.14 bits per heavy atom. The minimum Gasteiger partial charge on any atom is -0.478 e. The van der Waals surface area contributed by atoms with Crippen LogP contribution in [0.2, 0.25) is 0 Å². The van der Waals surface area contributed by atoms with Gasteiger partial charge in [0.05, 0.1) is 11.0 Å². The SMILES string of the molecule is Cc1ccc(C23C[C@H]4C[C@@H](CC(C(=O)Nc5ccc(C(=O)O)cc5)(C4)C2)C3)cc1. The second-order valence-electron chi connectivity index (χ2n) is 9.72. The van der Waals surface area contributed by atoms with Crippen LogP contribution in [0.4, 0.5) is 5.69 Å². The van der Waals surface area contributed by atoms with Gasteiger partial charge in [0.2, 0.25) is 5.91 Å². The van der Waals surface area contributed by atoms with E-state index in [2.05, 4.69) is 36.5 Å². The maximum atomic E-state index is 13.5. The lowest BCUT2D eigenvalue weighted by Crippen LogP contribution is -2.57. The minimum atomic E-state index is -0.955. The van der Waals surface area contributed by atoms with Crippen molar-refractivity contribution >= 4 is 17.6 Å². The fourth-order valence-corrected chi connectivity index (χ4v) is 6.73. The number of amides is 1. The first-order valence-corrected chi connectivity index (χ1v) is 10.6. The summed E-state index contributed by atoms with van der Waals surface area (Å²) in [7, 11) is 0. The van der Waals surface area contributed by atoms with Crippen molar-refractivity contribution < 1.29 is 14.7 Å². The van der Waals surface area contributed by atoms with Crippen molar-refractivity contribution in [2.24, 2.45) is 17.3 Å². The molecule has 2 aromatic carbocycles. The number of carbonyl (C=O) groups excluding carboxylic acids is 1. The van der Waals surface area contributed by atoms with Crippen molar-refractivity contribution in [2.75, 3.05) is 5.32 Å². The Bertz CT molecular complexity index is 947. The number of anilines is 1. The molecule has 150 valence electrons. The van der Waals surface area contributed by atoms with Gasteiger partial charge in [-0.3, -0.25) is 4.79 Å². The van der Waals surface area contributed by atoms with Gasteiger partial charge in [0.25, 0.3) is 0 Å². The largest absolute Gasteiger partial charge is 0.478 e. The minimum absolute atomic E-state index is 0.117. The molecule has 6 rings (SSSR count). The van der Waals surface area contributed by atoms with Gasteiger partial charge < -0.3 is 10.4 Å². The molecular weight excluding hydrogens is 362 g/mol. The van der Waals surface area contributed by atoms with Crippen LogP contribution < -0.4 is 5.32 Å². The summed E-state index contributed by atoms with van der Waals surface area (Å²) in [5.74, 6) is 0.408. The molecule has 0 spiro atoms. The van der Waals surface area contributed by atoms with Crippen molar-refractivity contribution in [3.05, 3.63) is 65.2 Å². The topological polar surface area (TPSA) is 66.4 Å². The summed E-state index contributed by atoms with van der Waals surface area (Å²) in [4.78, 5) is 24.6. The van der Waals surface area contributed by atoms with Crippen LogP contribution in [0.1, 0.15) is 60.0 Å². The first-order valence-electron chi connectivity index (χ1n) is 10.6. The van der Waals surface area contributed by atoms with Crippen LogP contribution in [0.15, 0.2) is 48.5 Å². The van der Waals surface area contributed by atoms with Gasteiger partial charge in [-0.05, 0) is 92.5 Å². The Labute approximate surface area is 171 Å². The van der Waals surface area contributed by atoms with Gasteiger partial charge in [0.1, 0.15) is 0 Å². The molecule has 4 fully saturated rings. The molecule has 1 amide bonds. The van der Waals surface area contributed by atoms with Crippen LogP contribution in [0.5, 0.6) is 0 Å². The van der Waals surface area contributed by atoms with Gasteiger partial charge >= 0.3 is 5.97 Å². The van der Waals surface area contributed by atoms with Crippen molar-refractivity contribution in [1.82, 2.24) is 0 Å². The molecule has 0 radical (unpaired) electrons. The van der Waals surface area contributed by atoms with E-state index in [0.29, 0.717) is 17.5 Å². The van der Waals surface area contributed by atoms with Crippen molar-refractivity contribution in [3.63, 3.8) is 0 Å². The molecule has 2 atom stereocenters. The molecule has 4 nitrogen and oxygen atoms in total. The van der Waals surface area contributed by atoms with E-state index in [9.17, 15) is 9.59 Å². The lowest BCUT2D eigenvalue weighted by atomic mass is 9.42. The van der Waals surface area contributed by atoms with Gasteiger partial charge in [-0.25, -0.2) is 4.79 Å². The molecule has 0 unspecified atom stereocenters. The van der Waals surface area contributed by atoms with Crippen LogP contribution >= 0.6 is 0 Å². The van der Waals surface area contributed by atoms with E-state index in [0.717, 1.165) is 19.3 Å². The summed E-state index contributed by atoms with van der Waals surface area (Å²) in [6, 6.07) is 15.4. The first kappa shape index (κ1) is 18.4. The highest BCUT2D eigenvalue weighted by Crippen LogP contribution is 2.66. The normalized spacial score (nSPS) is 32.2. The van der Waals surface area contributed by atoms with Crippen LogP contribution in [0, 0.1) is 24.2 Å². The van der Waals surface area contributed by atoms with Crippen LogP contribution in [0.3, 0.4) is 0 Å². The maximum absolute atomic E-state index is 13.5. The lowest BCUT2D eigenvalue weighted by Gasteiger charge is -2.61. The molecule has 4 bridgehead atoms. The van der Waals surface area contributed by atoms with Crippen molar-refractivity contribution in [3.8, 4) is 0 Å². The number of hydrogen-bond donors (Lipinski definition) is 2. The van der Waals surface area contributed by atoms with Gasteiger partial charge in [0, 0.05) is 5.69 Å². The molecule has 4 aliphatic carbocycles. The zero-order valence-electron chi connectivity index (χ0n) is 16.8. The number of carbonyl (C=O) groups is 2. The van der Waals surface area contributed by atoms with Gasteiger partial charge in [-0.1, -0.05) is 29.8 Å². The second kappa shape index (κ2) is 6.45. The number of benzene rings is 2. The zero-order chi connectivity index (χ0) is 20.2. The Morgan fingerprint density at radius 1 is 0.931 bits per heavy atom. The fraction of sp³-hybridized carbons (Fsp3) is 0.440. The third-order valence-corrected chi connectivity index (χ3v) is 7.60. The van der Waals surface area contributed by atoms with E-state index >= 15 is 0 Å². The number of hydrogen-bond acceptors (Lipinski definition) is 2. The molecule has 4 aliphatic rings. The second-order valence-corrected chi connectivity index (χ2v) is 9.72. The van der Waals surface area contributed by atoms with Gasteiger partial charge in [-0.2, -0.15) is 0 Å². The molecule has 0 heterocycles. The quantitative estimate of drug-likeness (QED) is 0.758. The summed E-state index contributed by atoms with van der Waals surface area (Å²) >= 11 is 0. The number of nitrogens with one attached hydrogen (secondary N) is 1. The number of rotatable bonds is 4. The lowest BCUT2D eigenvalue weighted by molar-refractivity contribution is -0.143. The average Bonchev–Trinajstić information content (AvgIpc) is 2.68. The van der Waals surface area contributed by atoms with E-state index in [1.807, 2.05) is 0 Å². The van der Waals surface area contributed by atoms with Gasteiger partial charge in [0.15, 0.2) is 0 Å². The molecule has 0 saturated heterocycles. The zero-order valence-corrected chi connectivity index (χ0v) is 16.8. The maximum Gasteiger partial charge on any atom is 0.335 e. The summed E-state index contributed by atoms with van der Waals surface area (Å²) in [6.07, 6.45) is 6.56. The summed E-state index contributed by atoms with van der Waals surface area (Å²) < 4.78 is 0. The van der Waals surface area contributed by atoms with E-state index in [-0.39, 0.29) is 22.3 Å². The highest BCUT2D eigenvalue weighted by atomic mass is 16.4. The highest BCUT2D eigenvalue weighted by molar-refractivity contribution is 5.96. The molecule has 2 aromatic rings. The third-order valence-electron chi connectivity index (χ3n) is 7.60. The van der Waals surface area contributed by atoms with E-state index in [4.69, 9.17) is 5.11 Å². The van der Waals surface area contributed by atoms with Gasteiger partial charge in [-0.15, -0.1) is 0 Å². The van der Waals surface area contributed by atoms with Crippen LogP contribution in [0.25, 0.3) is 0 Å².